The van der Waals surface area contributed by atoms with Gasteiger partial charge in [-0.1, -0.05) is 0 Å². The molecule has 0 atom stereocenters. The lowest BCUT2D eigenvalue weighted by molar-refractivity contribution is 0.0614. The number of hydrogen-bond donors (Lipinski definition) is 2. The number of rotatable bonds is 3. The molecule has 1 aliphatic heterocycles. The predicted octanol–water partition coefficient (Wildman–Crippen LogP) is 0.781. The number of nitrogen functional groups attached to an aromatic ring is 1. The van der Waals surface area contributed by atoms with E-state index in [1.807, 2.05) is 4.90 Å². The van der Waals surface area contributed by atoms with Gasteiger partial charge in [0.2, 0.25) is 0 Å². The van der Waals surface area contributed by atoms with E-state index in [-0.39, 0.29) is 12.5 Å². The van der Waals surface area contributed by atoms with Crippen LogP contribution < -0.4 is 5.73 Å². The first-order valence-corrected chi connectivity index (χ1v) is 7.08. The van der Waals surface area contributed by atoms with Gasteiger partial charge in [0, 0.05) is 42.9 Å². The Kier molecular flexibility index (Phi) is 4.79. The summed E-state index contributed by atoms with van der Waals surface area (Å²) in [7, 11) is 0. The van der Waals surface area contributed by atoms with E-state index < -0.39 is 0 Å². The van der Waals surface area contributed by atoms with Gasteiger partial charge in [0.25, 0.3) is 5.91 Å². The largest absolute Gasteiger partial charge is 0.399 e. The Labute approximate surface area is 121 Å². The van der Waals surface area contributed by atoms with Crippen LogP contribution in [0.3, 0.4) is 0 Å². The van der Waals surface area contributed by atoms with Crippen molar-refractivity contribution in [2.75, 3.05) is 45.1 Å². The van der Waals surface area contributed by atoms with Crippen molar-refractivity contribution in [1.82, 2.24) is 9.80 Å². The minimum atomic E-state index is 0.00261. The number of aliphatic hydroxyl groups excluding tert-OH is 1. The average Bonchev–Trinajstić information content (AvgIpc) is 2.42. The molecule has 1 aliphatic rings. The van der Waals surface area contributed by atoms with Gasteiger partial charge in [-0.25, -0.2) is 0 Å². The second kappa shape index (κ2) is 6.36. The Morgan fingerprint density at radius 2 is 2.00 bits per heavy atom. The molecule has 0 aromatic heterocycles. The number of carbonyl (C=O) groups is 1. The molecule has 104 valence electrons. The summed E-state index contributed by atoms with van der Waals surface area (Å²) >= 11 is 3.39. The third-order valence-corrected chi connectivity index (χ3v) is 3.99. The molecule has 3 N–H and O–H groups in total. The normalized spacial score (nSPS) is 16.6. The second-order valence-corrected chi connectivity index (χ2v) is 5.45. The molecule has 0 aliphatic carbocycles. The van der Waals surface area contributed by atoms with Gasteiger partial charge in [-0.2, -0.15) is 0 Å². The highest BCUT2D eigenvalue weighted by atomic mass is 79.9. The van der Waals surface area contributed by atoms with Crippen molar-refractivity contribution in [2.24, 2.45) is 0 Å². The molecule has 2 rings (SSSR count). The predicted molar refractivity (Wildman–Crippen MR) is 78.0 cm³/mol. The quantitative estimate of drug-likeness (QED) is 0.805. The highest BCUT2D eigenvalue weighted by Gasteiger charge is 2.23. The number of amides is 1. The van der Waals surface area contributed by atoms with Crippen LogP contribution in [0.25, 0.3) is 0 Å². The maximum absolute atomic E-state index is 12.4. The van der Waals surface area contributed by atoms with Crippen molar-refractivity contribution >= 4 is 27.5 Å². The summed E-state index contributed by atoms with van der Waals surface area (Å²) in [5, 5.41) is 8.90. The molecule has 0 unspecified atom stereocenters. The number of hydrogen-bond acceptors (Lipinski definition) is 4. The highest BCUT2D eigenvalue weighted by molar-refractivity contribution is 9.10. The summed E-state index contributed by atoms with van der Waals surface area (Å²) in [6.45, 7) is 3.79. The lowest BCUT2D eigenvalue weighted by atomic mass is 10.1. The highest BCUT2D eigenvalue weighted by Crippen LogP contribution is 2.21. The summed E-state index contributed by atoms with van der Waals surface area (Å²) in [6, 6.07) is 5.26. The zero-order valence-electron chi connectivity index (χ0n) is 10.7. The lowest BCUT2D eigenvalue weighted by Gasteiger charge is -2.34. The molecule has 0 spiro atoms. The fourth-order valence-electron chi connectivity index (χ4n) is 2.19. The van der Waals surface area contributed by atoms with Crippen LogP contribution in [0.4, 0.5) is 5.69 Å². The summed E-state index contributed by atoms with van der Waals surface area (Å²) < 4.78 is 0.768. The molecular weight excluding hydrogens is 310 g/mol. The Balaban J connectivity index is 2.03. The van der Waals surface area contributed by atoms with Crippen molar-refractivity contribution in [3.05, 3.63) is 28.2 Å². The van der Waals surface area contributed by atoms with Gasteiger partial charge in [0.05, 0.1) is 12.2 Å². The molecule has 1 saturated heterocycles. The van der Waals surface area contributed by atoms with E-state index in [9.17, 15) is 4.79 Å². The molecular formula is C13H18BrN3O2. The van der Waals surface area contributed by atoms with Crippen LogP contribution in [0, 0.1) is 0 Å². The molecule has 6 heteroatoms. The SMILES string of the molecule is Nc1ccc(Br)c(C(=O)N2CCN(CCO)CC2)c1. The molecule has 5 nitrogen and oxygen atoms in total. The molecule has 0 radical (unpaired) electrons. The molecule has 1 heterocycles. The molecule has 19 heavy (non-hydrogen) atoms. The van der Waals surface area contributed by atoms with Gasteiger partial charge in [0.1, 0.15) is 0 Å². The molecule has 1 amide bonds. The van der Waals surface area contributed by atoms with Crippen molar-refractivity contribution in [3.63, 3.8) is 0 Å². The van der Waals surface area contributed by atoms with Crippen LogP contribution in [-0.4, -0.2) is 60.1 Å². The number of anilines is 1. The third kappa shape index (κ3) is 3.46. The van der Waals surface area contributed by atoms with E-state index in [1.165, 1.54) is 0 Å². The minimum absolute atomic E-state index is 0.00261. The topological polar surface area (TPSA) is 69.8 Å². The Hall–Kier alpha value is -1.11. The van der Waals surface area contributed by atoms with Crippen molar-refractivity contribution < 1.29 is 9.90 Å². The summed E-state index contributed by atoms with van der Waals surface area (Å²) in [4.78, 5) is 16.4. The monoisotopic (exact) mass is 327 g/mol. The number of nitrogens with zero attached hydrogens (tertiary/aromatic N) is 2. The second-order valence-electron chi connectivity index (χ2n) is 4.60. The summed E-state index contributed by atoms with van der Waals surface area (Å²) in [5.41, 5.74) is 6.92. The van der Waals surface area contributed by atoms with E-state index in [0.717, 1.165) is 17.6 Å². The number of halogens is 1. The molecule has 1 fully saturated rings. The summed E-state index contributed by atoms with van der Waals surface area (Å²) in [6.07, 6.45) is 0. The molecule has 1 aromatic rings. The first-order valence-electron chi connectivity index (χ1n) is 6.29. The van der Waals surface area contributed by atoms with Gasteiger partial charge in [0.15, 0.2) is 0 Å². The first kappa shape index (κ1) is 14.3. The number of benzene rings is 1. The van der Waals surface area contributed by atoms with Crippen LogP contribution in [-0.2, 0) is 0 Å². The van der Waals surface area contributed by atoms with Gasteiger partial charge in [-0.15, -0.1) is 0 Å². The van der Waals surface area contributed by atoms with E-state index in [1.54, 1.807) is 18.2 Å². The number of β-amino-alcohol motifs (C(OH)–C–C–N with tert-alkyl or cyclic N) is 1. The molecule has 0 bridgehead atoms. The Bertz CT molecular complexity index is 459. The maximum atomic E-state index is 12.4. The number of nitrogens with two attached hydrogens (primary N) is 1. The lowest BCUT2D eigenvalue weighted by Crippen LogP contribution is -2.49. The molecule has 0 saturated carbocycles. The zero-order chi connectivity index (χ0) is 13.8. The Morgan fingerprint density at radius 1 is 1.32 bits per heavy atom. The van der Waals surface area contributed by atoms with E-state index in [2.05, 4.69) is 20.8 Å². The van der Waals surface area contributed by atoms with Crippen molar-refractivity contribution in [1.29, 1.82) is 0 Å². The van der Waals surface area contributed by atoms with Crippen molar-refractivity contribution in [2.45, 2.75) is 0 Å². The maximum Gasteiger partial charge on any atom is 0.255 e. The average molecular weight is 328 g/mol. The molecule has 1 aromatic carbocycles. The number of piperazine rings is 1. The van der Waals surface area contributed by atoms with Gasteiger partial charge in [-0.05, 0) is 34.1 Å². The number of carbonyl (C=O) groups excluding carboxylic acids is 1. The Morgan fingerprint density at radius 3 is 2.63 bits per heavy atom. The first-order chi connectivity index (χ1) is 9.11. The van der Waals surface area contributed by atoms with Crippen LogP contribution in [0.5, 0.6) is 0 Å². The van der Waals surface area contributed by atoms with E-state index >= 15 is 0 Å². The van der Waals surface area contributed by atoms with Crippen molar-refractivity contribution in [3.8, 4) is 0 Å². The van der Waals surface area contributed by atoms with Gasteiger partial charge < -0.3 is 15.7 Å². The van der Waals surface area contributed by atoms with E-state index in [0.29, 0.717) is 30.9 Å². The standard InChI is InChI=1S/C13H18BrN3O2/c14-12-2-1-10(15)9-11(12)13(19)17-5-3-16(4-6-17)7-8-18/h1-2,9,18H,3-8,15H2. The third-order valence-electron chi connectivity index (χ3n) is 3.30. The smallest absolute Gasteiger partial charge is 0.255 e. The van der Waals surface area contributed by atoms with E-state index in [4.69, 9.17) is 10.8 Å². The minimum Gasteiger partial charge on any atom is -0.399 e. The van der Waals surface area contributed by atoms with Crippen LogP contribution in [0.2, 0.25) is 0 Å². The number of aliphatic hydroxyl groups is 1. The fourth-order valence-corrected chi connectivity index (χ4v) is 2.61. The van der Waals surface area contributed by atoms with Crippen LogP contribution in [0.1, 0.15) is 10.4 Å². The van der Waals surface area contributed by atoms with Gasteiger partial charge >= 0.3 is 0 Å². The van der Waals surface area contributed by atoms with Crippen LogP contribution in [0.15, 0.2) is 22.7 Å². The van der Waals surface area contributed by atoms with Gasteiger partial charge in [-0.3, -0.25) is 9.69 Å². The van der Waals surface area contributed by atoms with Crippen LogP contribution >= 0.6 is 15.9 Å². The zero-order valence-corrected chi connectivity index (χ0v) is 12.3. The fraction of sp³-hybridized carbons (Fsp3) is 0.462. The summed E-state index contributed by atoms with van der Waals surface area (Å²) in [5.74, 6) is 0.00261.